The molecule has 0 aliphatic heterocycles. The molecular formula is C15H8F4N2O. The minimum atomic E-state index is -4.54. The molecule has 0 saturated heterocycles. The van der Waals surface area contributed by atoms with Crippen LogP contribution in [0.15, 0.2) is 53.4 Å². The molecule has 0 fully saturated rings. The van der Waals surface area contributed by atoms with Crippen LogP contribution in [0.25, 0.3) is 22.7 Å². The molecule has 0 N–H and O–H groups in total. The quantitative estimate of drug-likeness (QED) is 0.651. The maximum absolute atomic E-state index is 13.0. The molecule has 3 nitrogen and oxygen atoms in total. The Morgan fingerprint density at radius 2 is 1.73 bits per heavy atom. The summed E-state index contributed by atoms with van der Waals surface area (Å²) in [5.74, 6) is -0.612. The summed E-state index contributed by atoms with van der Waals surface area (Å²) >= 11 is 0. The van der Waals surface area contributed by atoms with Gasteiger partial charge in [-0.1, -0.05) is 0 Å². The maximum Gasteiger partial charge on any atom is 0.417 e. The zero-order chi connectivity index (χ0) is 15.7. The molecule has 0 saturated carbocycles. The molecule has 0 radical (unpaired) electrons. The third-order valence-electron chi connectivity index (χ3n) is 3.00. The molecule has 0 bridgehead atoms. The Morgan fingerprint density at radius 1 is 1.00 bits per heavy atom. The number of hydrogen-bond donors (Lipinski definition) is 0. The lowest BCUT2D eigenvalue weighted by atomic mass is 10.1. The van der Waals surface area contributed by atoms with E-state index in [2.05, 4.69) is 9.97 Å². The number of nitrogens with zero attached hydrogens (tertiary/aromatic N) is 2. The second-order valence-corrected chi connectivity index (χ2v) is 4.46. The zero-order valence-corrected chi connectivity index (χ0v) is 10.9. The Balaban J connectivity index is 2.03. The van der Waals surface area contributed by atoms with Crippen LogP contribution < -0.4 is 0 Å². The van der Waals surface area contributed by atoms with Crippen LogP contribution in [-0.2, 0) is 6.18 Å². The van der Waals surface area contributed by atoms with Gasteiger partial charge < -0.3 is 4.42 Å². The fourth-order valence-electron chi connectivity index (χ4n) is 1.96. The van der Waals surface area contributed by atoms with Crippen molar-refractivity contribution in [1.82, 2.24) is 9.97 Å². The van der Waals surface area contributed by atoms with E-state index in [1.807, 2.05) is 0 Å². The van der Waals surface area contributed by atoms with E-state index in [0.29, 0.717) is 11.3 Å². The monoisotopic (exact) mass is 308 g/mol. The van der Waals surface area contributed by atoms with Crippen molar-refractivity contribution in [2.45, 2.75) is 6.18 Å². The van der Waals surface area contributed by atoms with E-state index in [0.717, 1.165) is 18.5 Å². The highest BCUT2D eigenvalue weighted by Gasteiger charge is 2.34. The van der Waals surface area contributed by atoms with Crippen molar-refractivity contribution in [3.05, 3.63) is 60.4 Å². The van der Waals surface area contributed by atoms with Crippen LogP contribution in [0.3, 0.4) is 0 Å². The Kier molecular flexibility index (Phi) is 3.40. The first-order valence-corrected chi connectivity index (χ1v) is 6.18. The third-order valence-corrected chi connectivity index (χ3v) is 3.00. The number of aromatic nitrogens is 2. The topological polar surface area (TPSA) is 38.9 Å². The molecule has 2 heterocycles. The van der Waals surface area contributed by atoms with E-state index < -0.39 is 17.6 Å². The summed E-state index contributed by atoms with van der Waals surface area (Å²) in [7, 11) is 0. The van der Waals surface area contributed by atoms with Crippen molar-refractivity contribution in [1.29, 1.82) is 0 Å². The van der Waals surface area contributed by atoms with Crippen LogP contribution in [0.2, 0.25) is 0 Å². The molecule has 0 amide bonds. The number of alkyl halides is 3. The van der Waals surface area contributed by atoms with Crippen LogP contribution in [0.4, 0.5) is 17.6 Å². The molecule has 0 atom stereocenters. The second kappa shape index (κ2) is 5.25. The van der Waals surface area contributed by atoms with Crippen LogP contribution in [0, 0.1) is 5.82 Å². The highest BCUT2D eigenvalue weighted by Crippen LogP contribution is 2.36. The van der Waals surface area contributed by atoms with Crippen molar-refractivity contribution in [3.63, 3.8) is 0 Å². The molecule has 7 heteroatoms. The lowest BCUT2D eigenvalue weighted by Gasteiger charge is -2.09. The highest BCUT2D eigenvalue weighted by molar-refractivity contribution is 5.64. The molecule has 3 rings (SSSR count). The van der Waals surface area contributed by atoms with Crippen LogP contribution >= 0.6 is 0 Å². The molecule has 112 valence electrons. The highest BCUT2D eigenvalue weighted by atomic mass is 19.4. The first-order chi connectivity index (χ1) is 10.4. The van der Waals surface area contributed by atoms with Gasteiger partial charge in [0.2, 0.25) is 5.89 Å². The summed E-state index contributed by atoms with van der Waals surface area (Å²) in [6.45, 7) is 0. The van der Waals surface area contributed by atoms with Crippen molar-refractivity contribution < 1.29 is 22.0 Å². The van der Waals surface area contributed by atoms with Crippen molar-refractivity contribution in [2.75, 3.05) is 0 Å². The molecule has 1 aromatic carbocycles. The fourth-order valence-corrected chi connectivity index (χ4v) is 1.96. The molecule has 3 aromatic rings. The van der Waals surface area contributed by atoms with E-state index in [1.165, 1.54) is 30.5 Å². The number of pyridine rings is 1. The lowest BCUT2D eigenvalue weighted by molar-refractivity contribution is -0.137. The summed E-state index contributed by atoms with van der Waals surface area (Å²) in [5.41, 5.74) is -0.279. The Labute approximate surface area is 122 Å². The Morgan fingerprint density at radius 3 is 2.41 bits per heavy atom. The first-order valence-electron chi connectivity index (χ1n) is 6.18. The first kappa shape index (κ1) is 14.2. The maximum atomic E-state index is 13.0. The number of rotatable bonds is 2. The average molecular weight is 308 g/mol. The predicted molar refractivity (Wildman–Crippen MR) is 70.1 cm³/mol. The third kappa shape index (κ3) is 2.69. The molecule has 0 spiro atoms. The SMILES string of the molecule is Fc1ccc(-c2coc(-c3cnccc3C(F)(F)F)n2)cc1. The van der Waals surface area contributed by atoms with E-state index in [4.69, 9.17) is 4.42 Å². The summed E-state index contributed by atoms with van der Waals surface area (Å²) in [5, 5.41) is 0. The van der Waals surface area contributed by atoms with Gasteiger partial charge in [0, 0.05) is 18.0 Å². The molecule has 0 aliphatic rings. The van der Waals surface area contributed by atoms with E-state index in [-0.39, 0.29) is 11.5 Å². The predicted octanol–water partition coefficient (Wildman–Crippen LogP) is 4.56. The van der Waals surface area contributed by atoms with Crippen LogP contribution in [0.5, 0.6) is 0 Å². The Hall–Kier alpha value is -2.70. The van der Waals surface area contributed by atoms with Gasteiger partial charge in [0.25, 0.3) is 0 Å². The van der Waals surface area contributed by atoms with Crippen LogP contribution in [0.1, 0.15) is 5.56 Å². The van der Waals surface area contributed by atoms with Gasteiger partial charge in [0.15, 0.2) is 0 Å². The van der Waals surface area contributed by atoms with Gasteiger partial charge in [-0.05, 0) is 30.3 Å². The second-order valence-electron chi connectivity index (χ2n) is 4.46. The summed E-state index contributed by atoms with van der Waals surface area (Å²) in [6, 6.07) is 6.25. The largest absolute Gasteiger partial charge is 0.444 e. The minimum Gasteiger partial charge on any atom is -0.444 e. The zero-order valence-electron chi connectivity index (χ0n) is 10.9. The van der Waals surface area contributed by atoms with Gasteiger partial charge in [-0.15, -0.1) is 0 Å². The minimum absolute atomic E-state index is 0.195. The van der Waals surface area contributed by atoms with Gasteiger partial charge in [0.1, 0.15) is 17.8 Å². The van der Waals surface area contributed by atoms with Crippen molar-refractivity contribution in [3.8, 4) is 22.7 Å². The standard InChI is InChI=1S/C15H8F4N2O/c16-10-3-1-9(2-4-10)13-8-22-14(21-13)11-7-20-6-5-12(11)15(17,18)19/h1-8H. The summed E-state index contributed by atoms with van der Waals surface area (Å²) in [4.78, 5) is 7.70. The van der Waals surface area contributed by atoms with E-state index >= 15 is 0 Å². The van der Waals surface area contributed by atoms with Gasteiger partial charge in [-0.3, -0.25) is 4.98 Å². The van der Waals surface area contributed by atoms with Crippen molar-refractivity contribution >= 4 is 0 Å². The van der Waals surface area contributed by atoms with Gasteiger partial charge >= 0.3 is 6.18 Å². The molecule has 0 aliphatic carbocycles. The van der Waals surface area contributed by atoms with E-state index in [1.54, 1.807) is 0 Å². The molecular weight excluding hydrogens is 300 g/mol. The smallest absolute Gasteiger partial charge is 0.417 e. The summed E-state index contributed by atoms with van der Waals surface area (Å²) < 4.78 is 56.9. The van der Waals surface area contributed by atoms with Crippen LogP contribution in [-0.4, -0.2) is 9.97 Å². The average Bonchev–Trinajstić information content (AvgIpc) is 2.97. The molecule has 22 heavy (non-hydrogen) atoms. The molecule has 0 unspecified atom stereocenters. The fraction of sp³-hybridized carbons (Fsp3) is 0.0667. The van der Waals surface area contributed by atoms with Gasteiger partial charge in [0.05, 0.1) is 11.1 Å². The molecule has 2 aromatic heterocycles. The number of hydrogen-bond acceptors (Lipinski definition) is 3. The lowest BCUT2D eigenvalue weighted by Crippen LogP contribution is -2.07. The van der Waals surface area contributed by atoms with E-state index in [9.17, 15) is 17.6 Å². The normalized spacial score (nSPS) is 11.6. The van der Waals surface area contributed by atoms with Crippen molar-refractivity contribution in [2.24, 2.45) is 0 Å². The Bertz CT molecular complexity index is 794. The number of benzene rings is 1. The van der Waals surface area contributed by atoms with Gasteiger partial charge in [-0.25, -0.2) is 9.37 Å². The summed E-state index contributed by atoms with van der Waals surface area (Å²) in [6.07, 6.45) is -1.22. The number of halogens is 4. The number of oxazole rings is 1. The van der Waals surface area contributed by atoms with Gasteiger partial charge in [-0.2, -0.15) is 13.2 Å².